The number of nitrogens with one attached hydrogen (secondary N) is 1. The Morgan fingerprint density at radius 3 is 2.46 bits per heavy atom. The van der Waals surface area contributed by atoms with Crippen molar-refractivity contribution < 1.29 is 14.2 Å². The van der Waals surface area contributed by atoms with Gasteiger partial charge in [-0.1, -0.05) is 30.3 Å². The van der Waals surface area contributed by atoms with Gasteiger partial charge in [0.1, 0.15) is 0 Å². The lowest BCUT2D eigenvalue weighted by molar-refractivity contribution is 0.199. The number of rotatable bonds is 10. The summed E-state index contributed by atoms with van der Waals surface area (Å²) in [5.74, 6) is 1.39. The van der Waals surface area contributed by atoms with Crippen LogP contribution in [0.2, 0.25) is 0 Å². The lowest BCUT2D eigenvalue weighted by Gasteiger charge is -2.10. The Morgan fingerprint density at radius 2 is 1.75 bits per heavy atom. The summed E-state index contributed by atoms with van der Waals surface area (Å²) in [7, 11) is 4.98. The van der Waals surface area contributed by atoms with Crippen LogP contribution in [0.3, 0.4) is 0 Å². The van der Waals surface area contributed by atoms with E-state index in [0.717, 1.165) is 29.9 Å². The summed E-state index contributed by atoms with van der Waals surface area (Å²) in [6, 6.07) is 16.2. The maximum absolute atomic E-state index is 5.46. The SMILES string of the molecule is COCCNCc1cn(Cc2ccccc2)nc1-c1ccc(OC)c(OC)c1. The number of hydrogen-bond acceptors (Lipinski definition) is 5. The van der Waals surface area contributed by atoms with Crippen molar-refractivity contribution in [1.29, 1.82) is 0 Å². The molecule has 3 aromatic rings. The van der Waals surface area contributed by atoms with Gasteiger partial charge in [-0.15, -0.1) is 0 Å². The molecule has 0 unspecified atom stereocenters. The highest BCUT2D eigenvalue weighted by molar-refractivity contribution is 5.66. The number of ether oxygens (including phenoxy) is 3. The summed E-state index contributed by atoms with van der Waals surface area (Å²) in [5.41, 5.74) is 4.26. The lowest BCUT2D eigenvalue weighted by Crippen LogP contribution is -2.18. The van der Waals surface area contributed by atoms with Crippen molar-refractivity contribution in [3.8, 4) is 22.8 Å². The number of methoxy groups -OCH3 is 3. The van der Waals surface area contributed by atoms with Crippen molar-refractivity contribution >= 4 is 0 Å². The molecule has 0 atom stereocenters. The second kappa shape index (κ2) is 9.92. The van der Waals surface area contributed by atoms with Crippen LogP contribution in [0.15, 0.2) is 54.7 Å². The molecule has 0 saturated heterocycles. The third-order valence-electron chi connectivity index (χ3n) is 4.48. The average molecular weight is 381 g/mol. The van der Waals surface area contributed by atoms with E-state index in [9.17, 15) is 0 Å². The number of nitrogens with zero attached hydrogens (tertiary/aromatic N) is 2. The van der Waals surface area contributed by atoms with Crippen LogP contribution in [0, 0.1) is 0 Å². The van der Waals surface area contributed by atoms with E-state index >= 15 is 0 Å². The standard InChI is InChI=1S/C22H27N3O3/c1-26-12-11-23-14-19-16-25(15-17-7-5-4-6-8-17)24-22(19)18-9-10-20(27-2)21(13-18)28-3/h4-10,13,16,23H,11-12,14-15H2,1-3H3. The molecule has 6 heteroatoms. The predicted molar refractivity (Wildman–Crippen MR) is 110 cm³/mol. The molecule has 0 bridgehead atoms. The zero-order valence-corrected chi connectivity index (χ0v) is 16.6. The first-order valence-corrected chi connectivity index (χ1v) is 9.27. The van der Waals surface area contributed by atoms with Gasteiger partial charge < -0.3 is 19.5 Å². The van der Waals surface area contributed by atoms with Crippen molar-refractivity contribution in [3.05, 3.63) is 65.9 Å². The summed E-state index contributed by atoms with van der Waals surface area (Å²) < 4.78 is 17.9. The molecule has 28 heavy (non-hydrogen) atoms. The van der Waals surface area contributed by atoms with Crippen molar-refractivity contribution in [2.24, 2.45) is 0 Å². The summed E-state index contributed by atoms with van der Waals surface area (Å²) >= 11 is 0. The van der Waals surface area contributed by atoms with Gasteiger partial charge in [-0.3, -0.25) is 4.68 Å². The molecule has 1 N–H and O–H groups in total. The maximum Gasteiger partial charge on any atom is 0.161 e. The van der Waals surface area contributed by atoms with E-state index in [1.807, 2.05) is 41.1 Å². The van der Waals surface area contributed by atoms with Gasteiger partial charge in [0.05, 0.1) is 33.1 Å². The van der Waals surface area contributed by atoms with E-state index in [-0.39, 0.29) is 0 Å². The highest BCUT2D eigenvalue weighted by Gasteiger charge is 2.14. The van der Waals surface area contributed by atoms with Gasteiger partial charge in [0.25, 0.3) is 0 Å². The van der Waals surface area contributed by atoms with Crippen molar-refractivity contribution in [2.45, 2.75) is 13.1 Å². The molecule has 3 rings (SSSR count). The monoisotopic (exact) mass is 381 g/mol. The zero-order valence-electron chi connectivity index (χ0n) is 16.6. The van der Waals surface area contributed by atoms with Crippen LogP contribution in [0.1, 0.15) is 11.1 Å². The Labute approximate surface area is 166 Å². The number of aromatic nitrogens is 2. The highest BCUT2D eigenvalue weighted by Crippen LogP contribution is 2.33. The lowest BCUT2D eigenvalue weighted by atomic mass is 10.1. The second-order valence-electron chi connectivity index (χ2n) is 6.43. The van der Waals surface area contributed by atoms with Gasteiger partial charge >= 0.3 is 0 Å². The van der Waals surface area contributed by atoms with Crippen LogP contribution >= 0.6 is 0 Å². The van der Waals surface area contributed by atoms with Gasteiger partial charge in [-0.25, -0.2) is 0 Å². The normalized spacial score (nSPS) is 10.8. The summed E-state index contributed by atoms with van der Waals surface area (Å²) in [5, 5.41) is 8.26. The van der Waals surface area contributed by atoms with E-state index in [1.165, 1.54) is 5.56 Å². The van der Waals surface area contributed by atoms with Crippen molar-refractivity contribution in [2.75, 3.05) is 34.5 Å². The molecule has 6 nitrogen and oxygen atoms in total. The molecule has 0 saturated carbocycles. The summed E-state index contributed by atoms with van der Waals surface area (Å²) in [6.45, 7) is 2.89. The molecular formula is C22H27N3O3. The largest absolute Gasteiger partial charge is 0.493 e. The molecule has 0 aliphatic carbocycles. The van der Waals surface area contributed by atoms with E-state index < -0.39 is 0 Å². The first kappa shape index (κ1) is 19.9. The van der Waals surface area contributed by atoms with E-state index in [4.69, 9.17) is 19.3 Å². The van der Waals surface area contributed by atoms with Crippen LogP contribution in [-0.2, 0) is 17.8 Å². The molecule has 1 heterocycles. The van der Waals surface area contributed by atoms with Gasteiger partial charge in [-0.05, 0) is 23.8 Å². The minimum atomic E-state index is 0.670. The Balaban J connectivity index is 1.90. The maximum atomic E-state index is 5.46. The molecule has 148 valence electrons. The van der Waals surface area contributed by atoms with Crippen LogP contribution in [-0.4, -0.2) is 44.3 Å². The minimum Gasteiger partial charge on any atom is -0.493 e. The van der Waals surface area contributed by atoms with E-state index in [2.05, 4.69) is 23.6 Å². The average Bonchev–Trinajstić information content (AvgIpc) is 3.13. The Morgan fingerprint density at radius 1 is 0.964 bits per heavy atom. The predicted octanol–water partition coefficient (Wildman–Crippen LogP) is 3.35. The molecular weight excluding hydrogens is 354 g/mol. The third-order valence-corrected chi connectivity index (χ3v) is 4.48. The van der Waals surface area contributed by atoms with Crippen LogP contribution < -0.4 is 14.8 Å². The molecule has 0 aliphatic rings. The molecule has 0 amide bonds. The number of benzene rings is 2. The Hall–Kier alpha value is -2.83. The molecule has 0 spiro atoms. The summed E-state index contributed by atoms with van der Waals surface area (Å²) in [4.78, 5) is 0. The fraction of sp³-hybridized carbons (Fsp3) is 0.318. The van der Waals surface area contributed by atoms with Gasteiger partial charge in [0.2, 0.25) is 0 Å². The second-order valence-corrected chi connectivity index (χ2v) is 6.43. The summed E-state index contributed by atoms with van der Waals surface area (Å²) in [6.07, 6.45) is 2.10. The molecule has 2 aromatic carbocycles. The minimum absolute atomic E-state index is 0.670. The van der Waals surface area contributed by atoms with Crippen LogP contribution in [0.25, 0.3) is 11.3 Å². The Bertz CT molecular complexity index is 878. The fourth-order valence-electron chi connectivity index (χ4n) is 3.07. The molecule has 1 aromatic heterocycles. The quantitative estimate of drug-likeness (QED) is 0.546. The van der Waals surface area contributed by atoms with Crippen LogP contribution in [0.4, 0.5) is 0 Å². The fourth-order valence-corrected chi connectivity index (χ4v) is 3.07. The third kappa shape index (κ3) is 4.91. The highest BCUT2D eigenvalue weighted by atomic mass is 16.5. The molecule has 0 radical (unpaired) electrons. The van der Waals surface area contributed by atoms with Gasteiger partial charge in [0.15, 0.2) is 11.5 Å². The zero-order chi connectivity index (χ0) is 19.8. The first-order chi connectivity index (χ1) is 13.7. The first-order valence-electron chi connectivity index (χ1n) is 9.27. The van der Waals surface area contributed by atoms with Gasteiger partial charge in [-0.2, -0.15) is 5.10 Å². The van der Waals surface area contributed by atoms with Crippen molar-refractivity contribution in [1.82, 2.24) is 15.1 Å². The van der Waals surface area contributed by atoms with E-state index in [0.29, 0.717) is 24.7 Å². The van der Waals surface area contributed by atoms with Gasteiger partial charge in [0, 0.05) is 37.5 Å². The van der Waals surface area contributed by atoms with E-state index in [1.54, 1.807) is 21.3 Å². The smallest absolute Gasteiger partial charge is 0.161 e. The molecule has 0 aliphatic heterocycles. The van der Waals surface area contributed by atoms with Crippen molar-refractivity contribution in [3.63, 3.8) is 0 Å². The number of hydrogen-bond donors (Lipinski definition) is 1. The molecule has 0 fully saturated rings. The Kier molecular flexibility index (Phi) is 7.06. The van der Waals surface area contributed by atoms with Crippen LogP contribution in [0.5, 0.6) is 11.5 Å². The topological polar surface area (TPSA) is 57.5 Å².